The first-order valence-corrected chi connectivity index (χ1v) is 18.1. The number of rotatable bonds is 4. The van der Waals surface area contributed by atoms with Gasteiger partial charge in [0.25, 0.3) is 0 Å². The lowest BCUT2D eigenvalue weighted by Crippen LogP contribution is -1.95. The molecule has 240 valence electrons. The van der Waals surface area contributed by atoms with Gasteiger partial charge in [-0.25, -0.2) is 0 Å². The summed E-state index contributed by atoms with van der Waals surface area (Å²) in [5.74, 6) is 0. The van der Waals surface area contributed by atoms with E-state index in [-0.39, 0.29) is 0 Å². The van der Waals surface area contributed by atoms with Crippen molar-refractivity contribution >= 4 is 43.1 Å². The van der Waals surface area contributed by atoms with Crippen LogP contribution in [0.25, 0.3) is 110 Å². The molecule has 10 aromatic carbocycles. The summed E-state index contributed by atoms with van der Waals surface area (Å²) in [6, 6.07) is 71.8. The Morgan fingerprint density at radius 1 is 0.212 bits per heavy atom. The van der Waals surface area contributed by atoms with Crippen LogP contribution < -0.4 is 0 Å². The van der Waals surface area contributed by atoms with Gasteiger partial charge in [-0.15, -0.1) is 0 Å². The molecule has 0 heterocycles. The molecular formula is C52H32. The van der Waals surface area contributed by atoms with Crippen molar-refractivity contribution in [1.82, 2.24) is 0 Å². The van der Waals surface area contributed by atoms with Crippen LogP contribution >= 0.6 is 0 Å². The summed E-state index contributed by atoms with van der Waals surface area (Å²) >= 11 is 0. The van der Waals surface area contributed by atoms with Crippen LogP contribution in [0.4, 0.5) is 0 Å². The zero-order valence-corrected chi connectivity index (χ0v) is 28.5. The van der Waals surface area contributed by atoms with Gasteiger partial charge in [0.1, 0.15) is 0 Å². The standard InChI is InChI=1S/C52H32/c1-3-16-33(17-4-1)36-21-9-11-24-39(36)50-42-26-13-14-27-43(42)51(40-25-12-10-22-37(40)34-18-5-2-6-19-34)49-32-46-45(31-48(49)50)44-29-15-28-41-38-23-8-7-20-35(38)30-47(46)52(41)44/h1-32H. The van der Waals surface area contributed by atoms with Crippen molar-refractivity contribution in [1.29, 1.82) is 0 Å². The fourth-order valence-electron chi connectivity index (χ4n) is 8.99. The summed E-state index contributed by atoms with van der Waals surface area (Å²) in [5.41, 5.74) is 15.2. The van der Waals surface area contributed by atoms with E-state index in [0.29, 0.717) is 0 Å². The molecule has 0 aromatic heterocycles. The van der Waals surface area contributed by atoms with Crippen LogP contribution in [-0.2, 0) is 0 Å². The summed E-state index contributed by atoms with van der Waals surface area (Å²) in [6.07, 6.45) is 0. The minimum Gasteiger partial charge on any atom is -0.0622 e. The monoisotopic (exact) mass is 656 g/mol. The molecule has 0 N–H and O–H groups in total. The summed E-state index contributed by atoms with van der Waals surface area (Å²) in [5, 5.41) is 10.3. The van der Waals surface area contributed by atoms with Crippen LogP contribution in [0.1, 0.15) is 0 Å². The predicted octanol–water partition coefficient (Wildman–Crippen LogP) is 14.6. The van der Waals surface area contributed by atoms with Gasteiger partial charge >= 0.3 is 0 Å². The van der Waals surface area contributed by atoms with Gasteiger partial charge in [-0.1, -0.05) is 176 Å². The van der Waals surface area contributed by atoms with Crippen molar-refractivity contribution in [2.45, 2.75) is 0 Å². The molecule has 52 heavy (non-hydrogen) atoms. The minimum atomic E-state index is 1.22. The van der Waals surface area contributed by atoms with Gasteiger partial charge in [0.05, 0.1) is 0 Å². The fourth-order valence-corrected chi connectivity index (χ4v) is 8.99. The third-order valence-corrected chi connectivity index (χ3v) is 11.2. The van der Waals surface area contributed by atoms with Gasteiger partial charge in [-0.05, 0) is 128 Å². The smallest absolute Gasteiger partial charge is 0.00199 e. The number of benzene rings is 10. The number of hydrogen-bond donors (Lipinski definition) is 0. The van der Waals surface area contributed by atoms with Crippen molar-refractivity contribution in [2.24, 2.45) is 0 Å². The van der Waals surface area contributed by atoms with E-state index in [9.17, 15) is 0 Å². The first-order chi connectivity index (χ1) is 25.8. The largest absolute Gasteiger partial charge is 0.0622 e. The highest BCUT2D eigenvalue weighted by molar-refractivity contribution is 6.29. The molecule has 0 atom stereocenters. The highest BCUT2D eigenvalue weighted by Gasteiger charge is 2.27. The van der Waals surface area contributed by atoms with Gasteiger partial charge in [0.15, 0.2) is 0 Å². The Morgan fingerprint density at radius 3 is 1.21 bits per heavy atom. The summed E-state index contributed by atoms with van der Waals surface area (Å²) < 4.78 is 0. The van der Waals surface area contributed by atoms with Crippen molar-refractivity contribution in [2.75, 3.05) is 0 Å². The van der Waals surface area contributed by atoms with Gasteiger partial charge in [-0.3, -0.25) is 0 Å². The Morgan fingerprint density at radius 2 is 0.635 bits per heavy atom. The molecule has 0 amide bonds. The Balaban J connectivity index is 1.33. The Bertz CT molecular complexity index is 3040. The van der Waals surface area contributed by atoms with Gasteiger partial charge in [0, 0.05) is 0 Å². The van der Waals surface area contributed by atoms with Crippen molar-refractivity contribution in [3.63, 3.8) is 0 Å². The molecule has 0 bridgehead atoms. The predicted molar refractivity (Wildman–Crippen MR) is 223 cm³/mol. The van der Waals surface area contributed by atoms with Crippen LogP contribution in [0.3, 0.4) is 0 Å². The topological polar surface area (TPSA) is 0 Å². The van der Waals surface area contributed by atoms with E-state index in [2.05, 4.69) is 194 Å². The van der Waals surface area contributed by atoms with Gasteiger partial charge in [0.2, 0.25) is 0 Å². The summed E-state index contributed by atoms with van der Waals surface area (Å²) in [4.78, 5) is 0. The zero-order chi connectivity index (χ0) is 34.2. The van der Waals surface area contributed by atoms with E-state index in [1.54, 1.807) is 0 Å². The minimum absolute atomic E-state index is 1.22. The molecule has 0 spiro atoms. The molecule has 1 aliphatic rings. The Kier molecular flexibility index (Phi) is 6.35. The molecule has 0 radical (unpaired) electrons. The van der Waals surface area contributed by atoms with Crippen LogP contribution in [0, 0.1) is 0 Å². The normalized spacial score (nSPS) is 11.8. The summed E-state index contributed by atoms with van der Waals surface area (Å²) in [7, 11) is 0. The quantitative estimate of drug-likeness (QED) is 0.131. The Labute approximate surface area is 302 Å². The van der Waals surface area contributed by atoms with Crippen molar-refractivity contribution < 1.29 is 0 Å². The summed E-state index contributed by atoms with van der Waals surface area (Å²) in [6.45, 7) is 0. The number of hydrogen-bond acceptors (Lipinski definition) is 0. The van der Waals surface area contributed by atoms with Gasteiger partial charge in [-0.2, -0.15) is 0 Å². The van der Waals surface area contributed by atoms with Crippen LogP contribution in [-0.4, -0.2) is 0 Å². The van der Waals surface area contributed by atoms with E-state index in [4.69, 9.17) is 0 Å². The van der Waals surface area contributed by atoms with Crippen molar-refractivity contribution in [3.8, 4) is 66.8 Å². The maximum absolute atomic E-state index is 2.52. The molecule has 0 saturated heterocycles. The maximum atomic E-state index is 2.52. The van der Waals surface area contributed by atoms with Crippen LogP contribution in [0.15, 0.2) is 194 Å². The zero-order valence-electron chi connectivity index (χ0n) is 28.5. The molecule has 0 unspecified atom stereocenters. The lowest BCUT2D eigenvalue weighted by molar-refractivity contribution is 1.60. The lowest BCUT2D eigenvalue weighted by atomic mass is 9.81. The molecule has 0 fully saturated rings. The fraction of sp³-hybridized carbons (Fsp3) is 0. The second kappa shape index (κ2) is 11.4. The van der Waals surface area contributed by atoms with E-state index >= 15 is 0 Å². The average Bonchev–Trinajstić information content (AvgIpc) is 3.52. The molecule has 1 aliphatic carbocycles. The van der Waals surface area contributed by atoms with E-state index in [0.717, 1.165) is 0 Å². The van der Waals surface area contributed by atoms with E-state index in [1.807, 2.05) is 0 Å². The highest BCUT2D eigenvalue weighted by Crippen LogP contribution is 2.54. The molecule has 0 nitrogen and oxygen atoms in total. The SMILES string of the molecule is c1ccc(-c2ccccc2-c2c3ccccc3c(-c3ccccc3-c3ccccc3)c3cc4c(cc23)-c2cccc3c2c-4cc2ccccc23)cc1. The highest BCUT2D eigenvalue weighted by atomic mass is 14.3. The lowest BCUT2D eigenvalue weighted by Gasteiger charge is -2.22. The van der Waals surface area contributed by atoms with Gasteiger partial charge < -0.3 is 0 Å². The molecule has 10 aromatic rings. The first-order valence-electron chi connectivity index (χ1n) is 18.1. The number of fused-ring (bicyclic) bond motifs is 7. The second-order valence-corrected chi connectivity index (χ2v) is 13.9. The molecular weight excluding hydrogens is 625 g/mol. The first kappa shape index (κ1) is 29.0. The molecule has 11 rings (SSSR count). The van der Waals surface area contributed by atoms with Crippen LogP contribution in [0.2, 0.25) is 0 Å². The van der Waals surface area contributed by atoms with Crippen LogP contribution in [0.5, 0.6) is 0 Å². The molecule has 0 heteroatoms. The average molecular weight is 657 g/mol. The third-order valence-electron chi connectivity index (χ3n) is 11.2. The Hall–Kier alpha value is -6.76. The second-order valence-electron chi connectivity index (χ2n) is 13.9. The molecule has 0 aliphatic heterocycles. The maximum Gasteiger partial charge on any atom is -0.00199 e. The third kappa shape index (κ3) is 4.22. The van der Waals surface area contributed by atoms with E-state index in [1.165, 1.54) is 110 Å². The van der Waals surface area contributed by atoms with E-state index < -0.39 is 0 Å². The van der Waals surface area contributed by atoms with Crippen molar-refractivity contribution in [3.05, 3.63) is 194 Å². The molecule has 0 saturated carbocycles.